The molecule has 0 bridgehead atoms. The maximum atomic E-state index is 10.8. The number of nitro groups is 1. The number of rotatable bonds is 6. The van der Waals surface area contributed by atoms with Gasteiger partial charge in [0.1, 0.15) is 0 Å². The normalized spacial score (nSPS) is 14.0. The molecule has 0 aliphatic carbocycles. The van der Waals surface area contributed by atoms with Crippen LogP contribution < -0.4 is 5.32 Å². The summed E-state index contributed by atoms with van der Waals surface area (Å²) in [7, 11) is 4.15. The first-order valence-corrected chi connectivity index (χ1v) is 8.25. The van der Waals surface area contributed by atoms with Crippen molar-refractivity contribution >= 4 is 5.69 Å². The van der Waals surface area contributed by atoms with E-state index in [0.29, 0.717) is 0 Å². The maximum Gasteiger partial charge on any atom is 0.269 e. The first-order chi connectivity index (χ1) is 11.6. The first kappa shape index (κ1) is 16.6. The van der Waals surface area contributed by atoms with Crippen LogP contribution in [0.3, 0.4) is 0 Å². The van der Waals surface area contributed by atoms with Crippen molar-refractivity contribution in [2.45, 2.75) is 25.9 Å². The van der Waals surface area contributed by atoms with Crippen molar-refractivity contribution in [3.63, 3.8) is 0 Å². The van der Waals surface area contributed by atoms with Crippen molar-refractivity contribution in [3.05, 3.63) is 45.6 Å². The molecule has 2 heterocycles. The highest BCUT2D eigenvalue weighted by atomic mass is 16.6. The molecule has 7 nitrogen and oxygen atoms in total. The molecule has 1 N–H and O–H groups in total. The molecule has 24 heavy (non-hydrogen) atoms. The molecule has 0 atom stereocenters. The predicted octanol–water partition coefficient (Wildman–Crippen LogP) is 2.06. The number of nitrogens with one attached hydrogen (secondary N) is 1. The Labute approximate surface area is 141 Å². The van der Waals surface area contributed by atoms with Crippen LogP contribution in [0.4, 0.5) is 5.69 Å². The highest BCUT2D eigenvalue weighted by Crippen LogP contribution is 2.29. The molecular weight excluding hydrogens is 306 g/mol. The summed E-state index contributed by atoms with van der Waals surface area (Å²) in [4.78, 5) is 12.6. The highest BCUT2D eigenvalue weighted by molar-refractivity contribution is 5.65. The fraction of sp³-hybridized carbons (Fsp3) is 0.471. The van der Waals surface area contributed by atoms with E-state index in [1.54, 1.807) is 24.3 Å². The molecule has 3 rings (SSSR count). The lowest BCUT2D eigenvalue weighted by Crippen LogP contribution is -2.25. The van der Waals surface area contributed by atoms with Crippen molar-refractivity contribution in [2.24, 2.45) is 0 Å². The summed E-state index contributed by atoms with van der Waals surface area (Å²) in [5.74, 6) is 0. The SMILES string of the molecule is CN(C)CCCn1nc(-c2ccc([N+](=O)[O-])cc2)c2c1CCNC2. The molecule has 0 saturated heterocycles. The standard InChI is InChI=1S/C17H23N5O2/c1-20(2)10-3-11-21-16-8-9-18-12-15(16)17(19-21)13-4-6-14(7-5-13)22(23)24/h4-7,18H,3,8-12H2,1-2H3. The van der Waals surface area contributed by atoms with E-state index in [9.17, 15) is 10.1 Å². The van der Waals surface area contributed by atoms with Crippen LogP contribution in [0.1, 0.15) is 17.7 Å². The smallest absolute Gasteiger partial charge is 0.269 e. The van der Waals surface area contributed by atoms with Gasteiger partial charge in [-0.1, -0.05) is 0 Å². The van der Waals surface area contributed by atoms with Gasteiger partial charge in [0, 0.05) is 55.0 Å². The average Bonchev–Trinajstić information content (AvgIpc) is 2.94. The van der Waals surface area contributed by atoms with Gasteiger partial charge in [-0.05, 0) is 39.2 Å². The monoisotopic (exact) mass is 329 g/mol. The second-order valence-corrected chi connectivity index (χ2v) is 6.38. The van der Waals surface area contributed by atoms with Gasteiger partial charge in [0.2, 0.25) is 0 Å². The number of fused-ring (bicyclic) bond motifs is 1. The topological polar surface area (TPSA) is 76.2 Å². The number of aromatic nitrogens is 2. The maximum absolute atomic E-state index is 10.8. The minimum atomic E-state index is -0.374. The number of benzene rings is 1. The first-order valence-electron chi connectivity index (χ1n) is 8.25. The van der Waals surface area contributed by atoms with E-state index in [-0.39, 0.29) is 10.6 Å². The van der Waals surface area contributed by atoms with Crippen molar-refractivity contribution < 1.29 is 4.92 Å². The number of nitro benzene ring substituents is 1. The number of non-ortho nitro benzene ring substituents is 1. The minimum Gasteiger partial charge on any atom is -0.312 e. The molecule has 1 aromatic carbocycles. The third-order valence-electron chi connectivity index (χ3n) is 4.33. The lowest BCUT2D eigenvalue weighted by atomic mass is 10.0. The van der Waals surface area contributed by atoms with Gasteiger partial charge in [0.25, 0.3) is 5.69 Å². The second kappa shape index (κ2) is 7.11. The Kier molecular flexibility index (Phi) is 4.92. The van der Waals surface area contributed by atoms with Crippen LogP contribution in [-0.4, -0.2) is 46.8 Å². The lowest BCUT2D eigenvalue weighted by molar-refractivity contribution is -0.384. The quantitative estimate of drug-likeness (QED) is 0.648. The molecular formula is C17H23N5O2. The van der Waals surface area contributed by atoms with Gasteiger partial charge in [-0.2, -0.15) is 5.10 Å². The Bertz CT molecular complexity index is 721. The molecule has 1 aliphatic heterocycles. The van der Waals surface area contributed by atoms with E-state index in [2.05, 4.69) is 29.0 Å². The second-order valence-electron chi connectivity index (χ2n) is 6.38. The molecule has 0 saturated carbocycles. The van der Waals surface area contributed by atoms with Gasteiger partial charge in [-0.25, -0.2) is 0 Å². The van der Waals surface area contributed by atoms with Gasteiger partial charge >= 0.3 is 0 Å². The van der Waals surface area contributed by atoms with Crippen molar-refractivity contribution in [3.8, 4) is 11.3 Å². The van der Waals surface area contributed by atoms with E-state index in [0.717, 1.165) is 50.3 Å². The average molecular weight is 329 g/mol. The number of nitrogens with zero attached hydrogens (tertiary/aromatic N) is 4. The van der Waals surface area contributed by atoms with Gasteiger partial charge in [-0.15, -0.1) is 0 Å². The Morgan fingerprint density at radius 3 is 2.75 bits per heavy atom. The van der Waals surface area contributed by atoms with Gasteiger partial charge in [-0.3, -0.25) is 14.8 Å². The van der Waals surface area contributed by atoms with Crippen LogP contribution in [0, 0.1) is 10.1 Å². The number of hydrogen-bond donors (Lipinski definition) is 1. The van der Waals surface area contributed by atoms with Crippen LogP contribution in [0.2, 0.25) is 0 Å². The molecule has 0 fully saturated rings. The summed E-state index contributed by atoms with van der Waals surface area (Å²) in [5, 5.41) is 19.1. The molecule has 0 spiro atoms. The summed E-state index contributed by atoms with van der Waals surface area (Å²) in [6.07, 6.45) is 2.02. The van der Waals surface area contributed by atoms with Crippen molar-refractivity contribution in [1.29, 1.82) is 0 Å². The van der Waals surface area contributed by atoms with E-state index in [1.807, 2.05) is 0 Å². The summed E-state index contributed by atoms with van der Waals surface area (Å²) >= 11 is 0. The molecule has 7 heteroatoms. The molecule has 0 unspecified atom stereocenters. The van der Waals surface area contributed by atoms with Gasteiger partial charge in [0.05, 0.1) is 10.6 Å². The Balaban J connectivity index is 1.89. The number of aryl methyl sites for hydroxylation is 1. The molecule has 128 valence electrons. The van der Waals surface area contributed by atoms with Crippen LogP contribution in [0.15, 0.2) is 24.3 Å². The van der Waals surface area contributed by atoms with Crippen LogP contribution >= 0.6 is 0 Å². The zero-order chi connectivity index (χ0) is 17.1. The highest BCUT2D eigenvalue weighted by Gasteiger charge is 2.21. The zero-order valence-corrected chi connectivity index (χ0v) is 14.2. The Hall–Kier alpha value is -2.25. The van der Waals surface area contributed by atoms with Gasteiger partial charge in [0.15, 0.2) is 0 Å². The third-order valence-corrected chi connectivity index (χ3v) is 4.33. The van der Waals surface area contributed by atoms with Crippen LogP contribution in [-0.2, 0) is 19.5 Å². The van der Waals surface area contributed by atoms with E-state index < -0.39 is 0 Å². The van der Waals surface area contributed by atoms with E-state index in [4.69, 9.17) is 5.10 Å². The van der Waals surface area contributed by atoms with Crippen molar-refractivity contribution in [2.75, 3.05) is 27.2 Å². The van der Waals surface area contributed by atoms with Crippen LogP contribution in [0.5, 0.6) is 0 Å². The summed E-state index contributed by atoms with van der Waals surface area (Å²) < 4.78 is 2.12. The Morgan fingerprint density at radius 2 is 2.08 bits per heavy atom. The lowest BCUT2D eigenvalue weighted by Gasteiger charge is -2.16. The summed E-state index contributed by atoms with van der Waals surface area (Å²) in [5.41, 5.74) is 4.50. The number of hydrogen-bond acceptors (Lipinski definition) is 5. The molecule has 1 aromatic heterocycles. The molecule has 2 aromatic rings. The van der Waals surface area contributed by atoms with Crippen molar-refractivity contribution in [1.82, 2.24) is 20.0 Å². The largest absolute Gasteiger partial charge is 0.312 e. The molecule has 0 radical (unpaired) electrons. The van der Waals surface area contributed by atoms with E-state index >= 15 is 0 Å². The Morgan fingerprint density at radius 1 is 1.33 bits per heavy atom. The van der Waals surface area contributed by atoms with E-state index in [1.165, 1.54) is 11.3 Å². The predicted molar refractivity (Wildman–Crippen MR) is 92.9 cm³/mol. The molecule has 0 amide bonds. The fourth-order valence-corrected chi connectivity index (χ4v) is 3.11. The zero-order valence-electron chi connectivity index (χ0n) is 14.2. The fourth-order valence-electron chi connectivity index (χ4n) is 3.11. The van der Waals surface area contributed by atoms with Crippen LogP contribution in [0.25, 0.3) is 11.3 Å². The molecule has 1 aliphatic rings. The summed E-state index contributed by atoms with van der Waals surface area (Å²) in [6, 6.07) is 6.67. The van der Waals surface area contributed by atoms with Gasteiger partial charge < -0.3 is 10.2 Å². The minimum absolute atomic E-state index is 0.108. The summed E-state index contributed by atoms with van der Waals surface area (Å²) in [6.45, 7) is 3.69. The third kappa shape index (κ3) is 3.47.